The number of fused-ring (bicyclic) bond motifs is 1. The summed E-state index contributed by atoms with van der Waals surface area (Å²) >= 11 is 1.69. The maximum Gasteiger partial charge on any atom is 0.409 e. The quantitative estimate of drug-likeness (QED) is 0.831. The molecule has 146 valence electrons. The molecule has 2 amide bonds. The van der Waals surface area contributed by atoms with Crippen LogP contribution >= 0.6 is 11.3 Å². The van der Waals surface area contributed by atoms with Crippen LogP contribution in [0.5, 0.6) is 0 Å². The number of amides is 2. The van der Waals surface area contributed by atoms with Crippen LogP contribution in [0.25, 0.3) is 10.2 Å². The Morgan fingerprint density at radius 2 is 1.89 bits per heavy atom. The fourth-order valence-electron chi connectivity index (χ4n) is 3.14. The molecule has 2 atom stereocenters. The van der Waals surface area contributed by atoms with Crippen molar-refractivity contribution < 1.29 is 19.2 Å². The lowest BCUT2D eigenvalue weighted by molar-refractivity contribution is -0.902. The maximum atomic E-state index is 12.7. The Balaban J connectivity index is 1.53. The van der Waals surface area contributed by atoms with Crippen LogP contribution in [0.15, 0.2) is 24.3 Å². The van der Waals surface area contributed by atoms with Gasteiger partial charge in [0.05, 0.1) is 23.9 Å². The average Bonchev–Trinajstić information content (AvgIpc) is 3.11. The second-order valence-electron chi connectivity index (χ2n) is 6.83. The van der Waals surface area contributed by atoms with Gasteiger partial charge in [0.2, 0.25) is 0 Å². The van der Waals surface area contributed by atoms with E-state index in [0.717, 1.165) is 15.4 Å². The lowest BCUT2D eigenvalue weighted by atomic mass is 10.2. The Morgan fingerprint density at radius 3 is 2.56 bits per heavy atom. The van der Waals surface area contributed by atoms with Crippen LogP contribution in [0.1, 0.15) is 24.9 Å². The average molecular weight is 392 g/mol. The van der Waals surface area contributed by atoms with Crippen molar-refractivity contribution >= 4 is 33.6 Å². The molecule has 1 aliphatic heterocycles. The van der Waals surface area contributed by atoms with E-state index in [0.29, 0.717) is 39.3 Å². The van der Waals surface area contributed by atoms with Gasteiger partial charge in [0.15, 0.2) is 11.6 Å². The molecule has 0 saturated carbocycles. The zero-order chi connectivity index (χ0) is 19.4. The van der Waals surface area contributed by atoms with Gasteiger partial charge in [-0.15, -0.1) is 11.3 Å². The molecule has 1 saturated heterocycles. The molecule has 2 heterocycles. The van der Waals surface area contributed by atoms with Crippen molar-refractivity contribution in [1.29, 1.82) is 0 Å². The zero-order valence-electron chi connectivity index (χ0n) is 16.1. The molecule has 0 spiro atoms. The summed E-state index contributed by atoms with van der Waals surface area (Å²) in [5.41, 5.74) is 1.01. The molecular weight excluding hydrogens is 364 g/mol. The number of benzene rings is 1. The van der Waals surface area contributed by atoms with Crippen molar-refractivity contribution in [3.05, 3.63) is 29.3 Å². The fourth-order valence-corrected chi connectivity index (χ4v) is 4.25. The van der Waals surface area contributed by atoms with Crippen molar-refractivity contribution in [2.24, 2.45) is 0 Å². The number of carbonyl (C=O) groups is 2. The number of para-hydroxylation sites is 1. The van der Waals surface area contributed by atoms with E-state index in [2.05, 4.69) is 13.0 Å². The summed E-state index contributed by atoms with van der Waals surface area (Å²) in [6.07, 6.45) is -0.295. The lowest BCUT2D eigenvalue weighted by Crippen LogP contribution is -3.10. The molecule has 1 fully saturated rings. The molecule has 1 aromatic heterocycles. The van der Waals surface area contributed by atoms with Gasteiger partial charge in [-0.2, -0.15) is 0 Å². The third kappa shape index (κ3) is 4.56. The molecule has 0 bridgehead atoms. The number of quaternary nitrogens is 1. The van der Waals surface area contributed by atoms with Crippen molar-refractivity contribution in [2.75, 3.05) is 46.4 Å². The third-order valence-electron chi connectivity index (χ3n) is 5.01. The van der Waals surface area contributed by atoms with Crippen LogP contribution < -0.4 is 4.90 Å². The molecule has 1 aromatic carbocycles. The highest BCUT2D eigenvalue weighted by molar-refractivity contribution is 7.18. The van der Waals surface area contributed by atoms with Crippen LogP contribution in [-0.2, 0) is 9.53 Å². The van der Waals surface area contributed by atoms with Gasteiger partial charge in [0.25, 0.3) is 5.91 Å². The summed E-state index contributed by atoms with van der Waals surface area (Å²) in [5, 5.41) is 1.05. The van der Waals surface area contributed by atoms with Gasteiger partial charge in [-0.3, -0.25) is 4.79 Å². The van der Waals surface area contributed by atoms with Crippen molar-refractivity contribution in [2.45, 2.75) is 19.9 Å². The SMILES string of the molecule is CCOC(=O)N1CCN(C(=O)C[NH+](C)[C@@H](C)c2nc3ccccc3s2)CC1. The number of aromatic nitrogens is 1. The molecule has 1 aliphatic rings. The number of nitrogens with one attached hydrogen (secondary N) is 1. The van der Waals surface area contributed by atoms with Crippen LogP contribution in [0, 0.1) is 0 Å². The van der Waals surface area contributed by atoms with E-state index in [1.807, 2.05) is 30.1 Å². The van der Waals surface area contributed by atoms with Gasteiger partial charge in [-0.25, -0.2) is 9.78 Å². The van der Waals surface area contributed by atoms with Crippen molar-refractivity contribution in [1.82, 2.24) is 14.8 Å². The predicted octanol–water partition coefficient (Wildman–Crippen LogP) is 1.17. The number of carbonyl (C=O) groups excluding carboxylic acids is 2. The summed E-state index contributed by atoms with van der Waals surface area (Å²) in [5.74, 6) is 0.115. The van der Waals surface area contributed by atoms with Gasteiger partial charge in [-0.1, -0.05) is 12.1 Å². The lowest BCUT2D eigenvalue weighted by Gasteiger charge is -2.34. The smallest absolute Gasteiger partial charge is 0.409 e. The van der Waals surface area contributed by atoms with Crippen LogP contribution in [0.3, 0.4) is 0 Å². The first kappa shape index (κ1) is 19.6. The van der Waals surface area contributed by atoms with Crippen LogP contribution in [0.2, 0.25) is 0 Å². The van der Waals surface area contributed by atoms with Gasteiger partial charge >= 0.3 is 6.09 Å². The van der Waals surface area contributed by atoms with Crippen LogP contribution in [0.4, 0.5) is 4.79 Å². The first-order chi connectivity index (χ1) is 13.0. The molecule has 1 N–H and O–H groups in total. The maximum absolute atomic E-state index is 12.7. The topological polar surface area (TPSA) is 67.2 Å². The minimum Gasteiger partial charge on any atom is -0.450 e. The van der Waals surface area contributed by atoms with Gasteiger partial charge in [0.1, 0.15) is 6.04 Å². The van der Waals surface area contributed by atoms with Gasteiger partial charge in [-0.05, 0) is 26.0 Å². The van der Waals surface area contributed by atoms with E-state index >= 15 is 0 Å². The summed E-state index contributed by atoms with van der Waals surface area (Å²) < 4.78 is 6.20. The zero-order valence-corrected chi connectivity index (χ0v) is 16.9. The molecular formula is C19H27N4O3S+. The summed E-state index contributed by atoms with van der Waals surface area (Å²) in [7, 11) is 2.03. The normalized spacial score (nSPS) is 17.0. The number of thiazole rings is 1. The second-order valence-corrected chi connectivity index (χ2v) is 7.89. The Kier molecular flexibility index (Phi) is 6.28. The molecule has 3 rings (SSSR count). The van der Waals surface area contributed by atoms with Gasteiger partial charge in [0, 0.05) is 26.2 Å². The Labute approximate surface area is 163 Å². The summed E-state index contributed by atoms with van der Waals surface area (Å²) in [6.45, 7) is 6.85. The number of nitrogens with zero attached hydrogens (tertiary/aromatic N) is 3. The van der Waals surface area contributed by atoms with Crippen molar-refractivity contribution in [3.63, 3.8) is 0 Å². The molecule has 27 heavy (non-hydrogen) atoms. The van der Waals surface area contributed by atoms with E-state index in [1.54, 1.807) is 23.2 Å². The van der Waals surface area contributed by atoms with E-state index < -0.39 is 0 Å². The monoisotopic (exact) mass is 391 g/mol. The highest BCUT2D eigenvalue weighted by atomic mass is 32.1. The number of rotatable bonds is 5. The molecule has 1 unspecified atom stereocenters. The predicted molar refractivity (Wildman–Crippen MR) is 105 cm³/mol. The second kappa shape index (κ2) is 8.67. The number of piperazine rings is 1. The molecule has 0 aliphatic carbocycles. The summed E-state index contributed by atoms with van der Waals surface area (Å²) in [4.78, 5) is 33.8. The molecule has 8 heteroatoms. The van der Waals surface area contributed by atoms with E-state index in [-0.39, 0.29) is 18.0 Å². The Hall–Kier alpha value is -2.19. The first-order valence-corrected chi connectivity index (χ1v) is 10.2. The van der Waals surface area contributed by atoms with E-state index in [9.17, 15) is 9.59 Å². The molecule has 0 radical (unpaired) electrons. The fraction of sp³-hybridized carbons (Fsp3) is 0.526. The minimum absolute atomic E-state index is 0.115. The van der Waals surface area contributed by atoms with Crippen molar-refractivity contribution in [3.8, 4) is 0 Å². The highest BCUT2D eigenvalue weighted by Gasteiger charge is 2.28. The number of hydrogen-bond donors (Lipinski definition) is 1. The Morgan fingerprint density at radius 1 is 1.22 bits per heavy atom. The summed E-state index contributed by atoms with van der Waals surface area (Å²) in [6, 6.07) is 8.25. The molecule has 2 aromatic rings. The van der Waals surface area contributed by atoms with E-state index in [4.69, 9.17) is 9.72 Å². The highest BCUT2D eigenvalue weighted by Crippen LogP contribution is 2.24. The number of likely N-dealkylation sites (N-methyl/N-ethyl adjacent to an activating group) is 1. The number of hydrogen-bond acceptors (Lipinski definition) is 5. The standard InChI is InChI=1S/C19H26N4O3S/c1-4-26-19(25)23-11-9-22(10-12-23)17(24)13-21(3)14(2)18-20-15-7-5-6-8-16(15)27-18/h5-8,14H,4,9-13H2,1-3H3/p+1/t14-/m0/s1. The minimum atomic E-state index is -0.295. The van der Waals surface area contributed by atoms with E-state index in [1.165, 1.54) is 4.70 Å². The van der Waals surface area contributed by atoms with Crippen LogP contribution in [-0.4, -0.2) is 73.2 Å². The Bertz CT molecular complexity index is 768. The first-order valence-electron chi connectivity index (χ1n) is 9.36. The number of ether oxygens (including phenoxy) is 1. The van der Waals surface area contributed by atoms with Gasteiger partial charge < -0.3 is 19.4 Å². The third-order valence-corrected chi connectivity index (χ3v) is 6.23. The molecule has 7 nitrogen and oxygen atoms in total. The largest absolute Gasteiger partial charge is 0.450 e.